The lowest BCUT2D eigenvalue weighted by atomic mass is 10.1. The van der Waals surface area contributed by atoms with Crippen LogP contribution in [0.2, 0.25) is 0 Å². The van der Waals surface area contributed by atoms with E-state index >= 15 is 0 Å². The van der Waals surface area contributed by atoms with Crippen molar-refractivity contribution in [3.8, 4) is 17.1 Å². The van der Waals surface area contributed by atoms with E-state index in [1.807, 2.05) is 24.4 Å². The van der Waals surface area contributed by atoms with E-state index in [9.17, 15) is 0 Å². The fourth-order valence-electron chi connectivity index (χ4n) is 1.85. The summed E-state index contributed by atoms with van der Waals surface area (Å²) in [7, 11) is 1.64. The van der Waals surface area contributed by atoms with Crippen molar-refractivity contribution >= 4 is 16.7 Å². The van der Waals surface area contributed by atoms with Gasteiger partial charge in [0.15, 0.2) is 11.6 Å². The van der Waals surface area contributed by atoms with Crippen LogP contribution in [0.5, 0.6) is 5.75 Å². The number of nitrogen functional groups attached to an aromatic ring is 1. The van der Waals surface area contributed by atoms with Crippen molar-refractivity contribution in [3.63, 3.8) is 0 Å². The Balaban J connectivity index is 2.22. The summed E-state index contributed by atoms with van der Waals surface area (Å²) < 4.78 is 10.4. The maximum Gasteiger partial charge on any atom is 0.171 e. The average Bonchev–Trinajstić information content (AvgIpc) is 2.93. The van der Waals surface area contributed by atoms with Gasteiger partial charge in [0.25, 0.3) is 0 Å². The molecule has 2 aromatic heterocycles. The summed E-state index contributed by atoms with van der Waals surface area (Å²) in [5, 5.41) is 4.69. The van der Waals surface area contributed by atoms with Gasteiger partial charge in [-0.1, -0.05) is 5.16 Å². The molecule has 0 radical (unpaired) electrons. The third kappa shape index (κ3) is 1.52. The zero-order chi connectivity index (χ0) is 11.8. The molecule has 0 spiro atoms. The predicted molar refractivity (Wildman–Crippen MR) is 64.8 cm³/mol. The lowest BCUT2D eigenvalue weighted by Crippen LogP contribution is -1.81. The van der Waals surface area contributed by atoms with Gasteiger partial charge in [0, 0.05) is 28.7 Å². The fourth-order valence-corrected chi connectivity index (χ4v) is 1.85. The van der Waals surface area contributed by atoms with Crippen LogP contribution in [0.1, 0.15) is 0 Å². The van der Waals surface area contributed by atoms with Crippen LogP contribution in [0.3, 0.4) is 0 Å². The van der Waals surface area contributed by atoms with Gasteiger partial charge < -0.3 is 20.0 Å². The van der Waals surface area contributed by atoms with E-state index in [0.717, 1.165) is 22.2 Å². The molecule has 0 unspecified atom stereocenters. The van der Waals surface area contributed by atoms with Gasteiger partial charge in [0.05, 0.1) is 7.11 Å². The molecule has 0 aliphatic rings. The zero-order valence-corrected chi connectivity index (χ0v) is 9.23. The maximum absolute atomic E-state index is 5.55. The number of aromatic amines is 1. The summed E-state index contributed by atoms with van der Waals surface area (Å²) >= 11 is 0. The number of ether oxygens (including phenoxy) is 1. The zero-order valence-electron chi connectivity index (χ0n) is 9.23. The lowest BCUT2D eigenvalue weighted by molar-refractivity contribution is 0.415. The van der Waals surface area contributed by atoms with Crippen molar-refractivity contribution < 1.29 is 9.26 Å². The van der Waals surface area contributed by atoms with E-state index in [1.165, 1.54) is 0 Å². The van der Waals surface area contributed by atoms with E-state index in [2.05, 4.69) is 10.1 Å². The Bertz CT molecular complexity index is 669. The van der Waals surface area contributed by atoms with Crippen molar-refractivity contribution in [2.45, 2.75) is 0 Å². The first-order chi connectivity index (χ1) is 8.28. The molecule has 86 valence electrons. The highest BCUT2D eigenvalue weighted by atomic mass is 16.5. The number of anilines is 1. The highest BCUT2D eigenvalue weighted by Crippen LogP contribution is 2.31. The van der Waals surface area contributed by atoms with Gasteiger partial charge in [-0.3, -0.25) is 0 Å². The molecule has 0 bridgehead atoms. The predicted octanol–water partition coefficient (Wildman–Crippen LogP) is 2.41. The third-order valence-electron chi connectivity index (χ3n) is 2.68. The molecular formula is C12H11N3O2. The van der Waals surface area contributed by atoms with Crippen molar-refractivity contribution in [2.24, 2.45) is 0 Å². The molecule has 17 heavy (non-hydrogen) atoms. The second-order valence-corrected chi connectivity index (χ2v) is 3.73. The van der Waals surface area contributed by atoms with Crippen LogP contribution >= 0.6 is 0 Å². The van der Waals surface area contributed by atoms with Crippen LogP contribution in [-0.2, 0) is 0 Å². The lowest BCUT2D eigenvalue weighted by Gasteiger charge is -1.99. The maximum atomic E-state index is 5.55. The Hall–Kier alpha value is -2.43. The molecule has 2 heterocycles. The number of aromatic nitrogens is 2. The Morgan fingerprint density at radius 1 is 1.35 bits per heavy atom. The van der Waals surface area contributed by atoms with Gasteiger partial charge in [-0.25, -0.2) is 0 Å². The molecule has 0 saturated heterocycles. The molecule has 0 aliphatic heterocycles. The highest BCUT2D eigenvalue weighted by Gasteiger charge is 2.11. The summed E-state index contributed by atoms with van der Waals surface area (Å²) in [5.74, 6) is 1.81. The monoisotopic (exact) mass is 229 g/mol. The van der Waals surface area contributed by atoms with E-state index in [4.69, 9.17) is 15.0 Å². The quantitative estimate of drug-likeness (QED) is 0.707. The standard InChI is InChI=1S/C12H11N3O2/c1-16-7-2-3-10-8(4-7)9(6-14-10)11-5-12(13)15-17-11/h2-6,14H,1H3,(H2,13,15). The Labute approximate surface area is 97.2 Å². The Morgan fingerprint density at radius 3 is 2.94 bits per heavy atom. The molecule has 0 aliphatic carbocycles. The Kier molecular flexibility index (Phi) is 2.04. The summed E-state index contributed by atoms with van der Waals surface area (Å²) in [6.07, 6.45) is 1.87. The van der Waals surface area contributed by atoms with Crippen molar-refractivity contribution in [2.75, 3.05) is 12.8 Å². The number of nitrogens with zero attached hydrogens (tertiary/aromatic N) is 1. The van der Waals surface area contributed by atoms with Crippen LogP contribution in [-0.4, -0.2) is 17.3 Å². The fraction of sp³-hybridized carbons (Fsp3) is 0.0833. The third-order valence-corrected chi connectivity index (χ3v) is 2.68. The second-order valence-electron chi connectivity index (χ2n) is 3.73. The first kappa shape index (κ1) is 9.77. The molecule has 0 fully saturated rings. The van der Waals surface area contributed by atoms with E-state index in [-0.39, 0.29) is 0 Å². The summed E-state index contributed by atoms with van der Waals surface area (Å²) in [5.41, 5.74) is 7.47. The largest absolute Gasteiger partial charge is 0.497 e. The van der Waals surface area contributed by atoms with Crippen LogP contribution < -0.4 is 10.5 Å². The van der Waals surface area contributed by atoms with Crippen LogP contribution in [0.15, 0.2) is 35.0 Å². The van der Waals surface area contributed by atoms with E-state index in [0.29, 0.717) is 11.6 Å². The van der Waals surface area contributed by atoms with Crippen molar-refractivity contribution in [1.29, 1.82) is 0 Å². The highest BCUT2D eigenvalue weighted by molar-refractivity contribution is 5.95. The molecule has 5 nitrogen and oxygen atoms in total. The smallest absolute Gasteiger partial charge is 0.171 e. The van der Waals surface area contributed by atoms with Crippen molar-refractivity contribution in [3.05, 3.63) is 30.5 Å². The first-order valence-electron chi connectivity index (χ1n) is 5.15. The normalized spacial score (nSPS) is 10.9. The molecule has 3 aromatic rings. The van der Waals surface area contributed by atoms with Crippen LogP contribution in [0, 0.1) is 0 Å². The molecule has 1 aromatic carbocycles. The molecule has 5 heteroatoms. The minimum Gasteiger partial charge on any atom is -0.497 e. The molecular weight excluding hydrogens is 218 g/mol. The second kappa shape index (κ2) is 3.55. The molecule has 0 amide bonds. The minimum absolute atomic E-state index is 0.372. The van der Waals surface area contributed by atoms with E-state index in [1.54, 1.807) is 13.2 Å². The molecule has 0 saturated carbocycles. The van der Waals surface area contributed by atoms with Gasteiger partial charge in [-0.2, -0.15) is 0 Å². The Morgan fingerprint density at radius 2 is 2.24 bits per heavy atom. The van der Waals surface area contributed by atoms with Gasteiger partial charge in [0.1, 0.15) is 5.75 Å². The summed E-state index contributed by atoms with van der Waals surface area (Å²) in [6.45, 7) is 0. The van der Waals surface area contributed by atoms with Gasteiger partial charge >= 0.3 is 0 Å². The number of rotatable bonds is 2. The number of methoxy groups -OCH3 is 1. The summed E-state index contributed by atoms with van der Waals surface area (Å²) in [4.78, 5) is 3.16. The number of benzene rings is 1. The average molecular weight is 229 g/mol. The number of nitrogens with two attached hydrogens (primary N) is 1. The van der Waals surface area contributed by atoms with Gasteiger partial charge in [-0.05, 0) is 18.2 Å². The molecule has 3 rings (SSSR count). The number of H-pyrrole nitrogens is 1. The van der Waals surface area contributed by atoms with Crippen molar-refractivity contribution in [1.82, 2.24) is 10.1 Å². The summed E-state index contributed by atoms with van der Waals surface area (Å²) in [6, 6.07) is 7.50. The number of nitrogens with one attached hydrogen (secondary N) is 1. The van der Waals surface area contributed by atoms with Gasteiger partial charge in [0.2, 0.25) is 0 Å². The SMILES string of the molecule is COc1ccc2[nH]cc(-c3cc(N)no3)c2c1. The molecule has 0 atom stereocenters. The number of fused-ring (bicyclic) bond motifs is 1. The van der Waals surface area contributed by atoms with Crippen LogP contribution in [0.4, 0.5) is 5.82 Å². The van der Waals surface area contributed by atoms with Crippen LogP contribution in [0.25, 0.3) is 22.2 Å². The molecule has 3 N–H and O–H groups in total. The topological polar surface area (TPSA) is 77.1 Å². The van der Waals surface area contributed by atoms with E-state index < -0.39 is 0 Å². The minimum atomic E-state index is 0.372. The number of hydrogen-bond donors (Lipinski definition) is 2. The van der Waals surface area contributed by atoms with Gasteiger partial charge in [-0.15, -0.1) is 0 Å². The first-order valence-corrected chi connectivity index (χ1v) is 5.15. The number of hydrogen-bond acceptors (Lipinski definition) is 4.